The molecule has 0 aliphatic carbocycles. The van der Waals surface area contributed by atoms with Crippen LogP contribution in [-0.4, -0.2) is 85.2 Å². The van der Waals surface area contributed by atoms with Crippen LogP contribution in [0.3, 0.4) is 0 Å². The molecule has 0 spiro atoms. The second-order valence-corrected chi connectivity index (χ2v) is 5.05. The minimum atomic E-state index is -1.08. The Hall–Kier alpha value is -0.300. The smallest absolute Gasteiger partial charge is 0.550 e. The van der Waals surface area contributed by atoms with Gasteiger partial charge in [0.2, 0.25) is 0 Å². The molecule has 0 amide bonds. The van der Waals surface area contributed by atoms with E-state index in [1.54, 1.807) is 0 Å². The first-order valence-electron chi connectivity index (χ1n) is 9.18. The van der Waals surface area contributed by atoms with Gasteiger partial charge in [-0.15, -0.1) is 0 Å². The van der Waals surface area contributed by atoms with Crippen LogP contribution in [0.15, 0.2) is 0 Å². The Balaban J connectivity index is -0.0000000169. The zero-order chi connectivity index (χ0) is 35.8. The molecule has 0 aromatic carbocycles. The van der Waals surface area contributed by atoms with E-state index >= 15 is 0 Å². The average molecular weight is 710 g/mol. The molecular formula is C20H35Na5O20. The maximum atomic E-state index is 9.00. The van der Waals surface area contributed by atoms with Crippen molar-refractivity contribution in [3.8, 4) is 0 Å². The molecule has 240 valence electrons. The first kappa shape index (κ1) is 96.8. The van der Waals surface area contributed by atoms with Gasteiger partial charge in [0.25, 0.3) is 29.8 Å². The summed E-state index contributed by atoms with van der Waals surface area (Å²) in [6.07, 6.45) is 0. The topological polar surface area (TPSA) is 387 Å². The quantitative estimate of drug-likeness (QED) is 0.146. The van der Waals surface area contributed by atoms with Gasteiger partial charge in [0.05, 0.1) is 0 Å². The van der Waals surface area contributed by atoms with Crippen molar-refractivity contribution in [3.05, 3.63) is 0 Å². The number of carboxylic acid groups (broad SMARTS) is 10. The Morgan fingerprint density at radius 3 is 0.267 bits per heavy atom. The molecule has 0 saturated carbocycles. The van der Waals surface area contributed by atoms with E-state index in [4.69, 9.17) is 99.0 Å². The summed E-state index contributed by atoms with van der Waals surface area (Å²) in [6, 6.07) is 0. The van der Waals surface area contributed by atoms with Crippen molar-refractivity contribution in [2.75, 3.05) is 0 Å². The third-order valence-corrected chi connectivity index (χ3v) is 0. The monoisotopic (exact) mass is 710 g/mol. The normalized spacial score (nSPS) is 5.56. The van der Waals surface area contributed by atoms with E-state index in [1.165, 1.54) is 0 Å². The summed E-state index contributed by atoms with van der Waals surface area (Å²) in [5.41, 5.74) is 0. The Kier molecular flexibility index (Phi) is 194. The first-order valence-corrected chi connectivity index (χ1v) is 9.18. The van der Waals surface area contributed by atoms with Crippen LogP contribution in [0.5, 0.6) is 0 Å². The van der Waals surface area contributed by atoms with Crippen LogP contribution in [0.1, 0.15) is 69.2 Å². The summed E-state index contributed by atoms with van der Waals surface area (Å²) in [5, 5.41) is 81.5. The van der Waals surface area contributed by atoms with Gasteiger partial charge in [-0.05, 0) is 34.6 Å². The molecule has 45 heavy (non-hydrogen) atoms. The zero-order valence-electron chi connectivity index (χ0n) is 28.4. The van der Waals surface area contributed by atoms with Crippen molar-refractivity contribution in [1.29, 1.82) is 0 Å². The van der Waals surface area contributed by atoms with E-state index < -0.39 is 59.7 Å². The number of carbonyl (C=O) groups is 10. The molecule has 0 atom stereocenters. The fourth-order valence-corrected chi connectivity index (χ4v) is 0. The molecule has 0 aromatic rings. The molecule has 0 aliphatic rings. The van der Waals surface area contributed by atoms with Crippen LogP contribution in [0, 0.1) is 0 Å². The van der Waals surface area contributed by atoms with Crippen molar-refractivity contribution in [2.24, 2.45) is 0 Å². The van der Waals surface area contributed by atoms with Crippen LogP contribution in [0.25, 0.3) is 0 Å². The van der Waals surface area contributed by atoms with Crippen LogP contribution in [0.2, 0.25) is 0 Å². The summed E-state index contributed by atoms with van der Waals surface area (Å²) in [7, 11) is 0. The van der Waals surface area contributed by atoms with Crippen LogP contribution in [-0.2, 0) is 47.9 Å². The third kappa shape index (κ3) is 844000. The third-order valence-electron chi connectivity index (χ3n) is 0. The summed E-state index contributed by atoms with van der Waals surface area (Å²) in [4.78, 5) is 89.4. The standard InChI is InChI=1S/10C2H4O2.5Na/c10*1-2(3)4;;;;;/h10*1H3,(H,3,4);;;;;/q;;;;;;;;;;5*+1/p-5. The maximum absolute atomic E-state index is 9.00. The van der Waals surface area contributed by atoms with E-state index in [1.807, 2.05) is 0 Å². The second kappa shape index (κ2) is 90.3. The molecule has 5 N–H and O–H groups in total. The Morgan fingerprint density at radius 1 is 0.267 bits per heavy atom. The van der Waals surface area contributed by atoms with E-state index in [0.29, 0.717) is 0 Å². The van der Waals surface area contributed by atoms with Gasteiger partial charge in [0.15, 0.2) is 0 Å². The molecule has 0 fully saturated rings. The number of carbonyl (C=O) groups excluding carboxylic acids is 5. The van der Waals surface area contributed by atoms with Gasteiger partial charge in [0.1, 0.15) is 0 Å². The Morgan fingerprint density at radius 2 is 0.267 bits per heavy atom. The summed E-state index contributed by atoms with van der Waals surface area (Å²) in [5.74, 6) is -9.58. The SMILES string of the molecule is CC(=O)O.CC(=O)O.CC(=O)O.CC(=O)O.CC(=O)O.CC(=O)[O-].CC(=O)[O-].CC(=O)[O-].CC(=O)[O-].CC(=O)[O-].[Na+].[Na+].[Na+].[Na+].[Na+]. The first-order chi connectivity index (χ1) is 17.3. The zero-order valence-corrected chi connectivity index (χ0v) is 38.4. The van der Waals surface area contributed by atoms with Gasteiger partial charge in [-0.25, -0.2) is 0 Å². The molecule has 0 radical (unpaired) electrons. The van der Waals surface area contributed by atoms with Gasteiger partial charge in [-0.3, -0.25) is 24.0 Å². The second-order valence-electron chi connectivity index (χ2n) is 5.05. The van der Waals surface area contributed by atoms with E-state index in [-0.39, 0.29) is 148 Å². The number of aliphatic carboxylic acids is 10. The van der Waals surface area contributed by atoms with Crippen LogP contribution < -0.4 is 173 Å². The van der Waals surface area contributed by atoms with Crippen molar-refractivity contribution in [3.63, 3.8) is 0 Å². The van der Waals surface area contributed by atoms with Crippen LogP contribution >= 0.6 is 0 Å². The Labute approximate surface area is 370 Å². The average Bonchev–Trinajstić information content (AvgIpc) is 2.47. The van der Waals surface area contributed by atoms with Gasteiger partial charge in [0, 0.05) is 64.5 Å². The summed E-state index contributed by atoms with van der Waals surface area (Å²) >= 11 is 0. The minimum absolute atomic E-state index is 0. The van der Waals surface area contributed by atoms with Crippen molar-refractivity contribution >= 4 is 59.7 Å². The minimum Gasteiger partial charge on any atom is -0.550 e. The van der Waals surface area contributed by atoms with Gasteiger partial charge in [-0.1, -0.05) is 0 Å². The molecule has 0 saturated heterocycles. The molecule has 0 aliphatic heterocycles. The molecule has 0 rings (SSSR count). The van der Waals surface area contributed by atoms with Gasteiger partial charge >= 0.3 is 148 Å². The van der Waals surface area contributed by atoms with E-state index in [0.717, 1.165) is 69.2 Å². The van der Waals surface area contributed by atoms with E-state index in [2.05, 4.69) is 0 Å². The Bertz CT molecular complexity index is 492. The summed E-state index contributed by atoms with van der Waals surface area (Å²) < 4.78 is 0. The largest absolute Gasteiger partial charge is 1.00 e. The van der Waals surface area contributed by atoms with Crippen molar-refractivity contribution in [1.82, 2.24) is 0 Å². The number of carboxylic acids is 10. The molecule has 20 nitrogen and oxygen atoms in total. The predicted octanol–water partition coefficient (Wildman–Crippen LogP) is -20.7. The number of rotatable bonds is 0. The number of hydrogen-bond donors (Lipinski definition) is 5. The molecule has 0 aromatic heterocycles. The summed E-state index contributed by atoms with van der Waals surface area (Å²) in [6.45, 7) is 10.3. The maximum Gasteiger partial charge on any atom is 1.00 e. The number of hydrogen-bond acceptors (Lipinski definition) is 15. The molecule has 0 heterocycles. The molecule has 25 heteroatoms. The molecule has 0 unspecified atom stereocenters. The fourth-order valence-electron chi connectivity index (χ4n) is 0. The molecule has 0 bridgehead atoms. The van der Waals surface area contributed by atoms with Gasteiger partial charge < -0.3 is 75.0 Å². The van der Waals surface area contributed by atoms with Crippen LogP contribution in [0.4, 0.5) is 0 Å². The van der Waals surface area contributed by atoms with Crippen molar-refractivity contribution in [2.45, 2.75) is 69.2 Å². The fraction of sp³-hybridized carbons (Fsp3) is 0.500. The van der Waals surface area contributed by atoms with Crippen molar-refractivity contribution < 1.29 is 247 Å². The van der Waals surface area contributed by atoms with E-state index in [9.17, 15) is 0 Å². The predicted molar refractivity (Wildman–Crippen MR) is 120 cm³/mol. The molecular weight excluding hydrogens is 675 g/mol. The van der Waals surface area contributed by atoms with Gasteiger partial charge in [-0.2, -0.15) is 0 Å².